The Labute approximate surface area is 149 Å². The summed E-state index contributed by atoms with van der Waals surface area (Å²) < 4.78 is 14.5. The molecule has 0 N–H and O–H groups in total. The summed E-state index contributed by atoms with van der Waals surface area (Å²) in [5.74, 6) is 0.909. The highest BCUT2D eigenvalue weighted by atomic mass is 32.1. The number of para-hydroxylation sites is 2. The maximum absolute atomic E-state index is 12.6. The molecule has 6 heteroatoms. The van der Waals surface area contributed by atoms with Gasteiger partial charge < -0.3 is 14.0 Å². The molecular weight excluding hydrogens is 336 g/mol. The van der Waals surface area contributed by atoms with E-state index in [1.165, 1.54) is 22.5 Å². The van der Waals surface area contributed by atoms with Crippen molar-refractivity contribution in [1.29, 1.82) is 0 Å². The molecule has 0 unspecified atom stereocenters. The Bertz CT molecular complexity index is 1050. The Morgan fingerprint density at radius 2 is 1.88 bits per heavy atom. The molecule has 5 nitrogen and oxygen atoms in total. The van der Waals surface area contributed by atoms with Gasteiger partial charge in [-0.3, -0.25) is 4.79 Å². The Morgan fingerprint density at radius 1 is 1.16 bits per heavy atom. The third-order valence-corrected chi connectivity index (χ3v) is 5.60. The molecular formula is C19H18N2O3S. The fourth-order valence-electron chi connectivity index (χ4n) is 2.98. The number of hydrogen-bond donors (Lipinski definition) is 0. The van der Waals surface area contributed by atoms with Gasteiger partial charge in [-0.15, -0.1) is 0 Å². The normalized spacial score (nSPS) is 17.1. The third kappa shape index (κ3) is 2.72. The van der Waals surface area contributed by atoms with Gasteiger partial charge in [0.05, 0.1) is 10.2 Å². The van der Waals surface area contributed by atoms with E-state index >= 15 is 0 Å². The molecule has 0 spiro atoms. The molecule has 2 aromatic carbocycles. The first-order valence-corrected chi connectivity index (χ1v) is 8.89. The predicted molar refractivity (Wildman–Crippen MR) is 97.2 cm³/mol. The number of ether oxygens (including phenoxy) is 2. The van der Waals surface area contributed by atoms with E-state index in [1.807, 2.05) is 29.8 Å². The third-order valence-electron chi connectivity index (χ3n) is 4.34. The lowest BCUT2D eigenvalue weighted by atomic mass is 10.1. The van der Waals surface area contributed by atoms with Crippen molar-refractivity contribution >= 4 is 27.5 Å². The Morgan fingerprint density at radius 3 is 2.64 bits per heavy atom. The van der Waals surface area contributed by atoms with Gasteiger partial charge in [-0.25, -0.2) is 0 Å². The molecule has 1 atom stereocenters. The van der Waals surface area contributed by atoms with Crippen LogP contribution >= 0.6 is 11.3 Å². The van der Waals surface area contributed by atoms with Crippen LogP contribution in [0.2, 0.25) is 0 Å². The smallest absolute Gasteiger partial charge is 0.292 e. The van der Waals surface area contributed by atoms with Gasteiger partial charge in [0.15, 0.2) is 16.3 Å². The Balaban J connectivity index is 1.71. The maximum Gasteiger partial charge on any atom is 0.292 e. The zero-order chi connectivity index (χ0) is 17.6. The minimum atomic E-state index is -0.720. The first kappa shape index (κ1) is 15.9. The average Bonchev–Trinajstić information content (AvgIpc) is 2.95. The Hall–Kier alpha value is -2.60. The fourth-order valence-corrected chi connectivity index (χ4v) is 4.15. The molecule has 0 saturated heterocycles. The lowest BCUT2D eigenvalue weighted by molar-refractivity contribution is -0.127. The number of carbonyl (C=O) groups excluding carboxylic acids is 1. The van der Waals surface area contributed by atoms with Crippen molar-refractivity contribution in [3.8, 4) is 11.5 Å². The molecule has 0 bridgehead atoms. The summed E-state index contributed by atoms with van der Waals surface area (Å²) in [5.41, 5.74) is 3.46. The van der Waals surface area contributed by atoms with Crippen LogP contribution in [0.5, 0.6) is 11.5 Å². The molecule has 3 aromatic rings. The number of aryl methyl sites for hydroxylation is 3. The molecule has 0 fully saturated rings. The molecule has 0 aliphatic carbocycles. The van der Waals surface area contributed by atoms with E-state index in [9.17, 15) is 4.79 Å². The number of hydrogen-bond acceptors (Lipinski definition) is 4. The van der Waals surface area contributed by atoms with Crippen LogP contribution in [0.3, 0.4) is 0 Å². The number of fused-ring (bicyclic) bond motifs is 2. The summed E-state index contributed by atoms with van der Waals surface area (Å²) in [6, 6.07) is 11.5. The van der Waals surface area contributed by atoms with Crippen LogP contribution in [0.1, 0.15) is 11.1 Å². The van der Waals surface area contributed by atoms with Crippen molar-refractivity contribution in [1.82, 2.24) is 4.57 Å². The molecule has 128 valence electrons. The van der Waals surface area contributed by atoms with Crippen molar-refractivity contribution in [2.75, 3.05) is 6.61 Å². The van der Waals surface area contributed by atoms with E-state index < -0.39 is 6.10 Å². The van der Waals surface area contributed by atoms with Gasteiger partial charge in [0.1, 0.15) is 6.61 Å². The van der Waals surface area contributed by atoms with Crippen molar-refractivity contribution in [2.24, 2.45) is 12.0 Å². The highest BCUT2D eigenvalue weighted by Gasteiger charge is 2.27. The fraction of sp³-hybridized carbons (Fsp3) is 0.263. The monoisotopic (exact) mass is 354 g/mol. The van der Waals surface area contributed by atoms with E-state index in [1.54, 1.807) is 6.07 Å². The van der Waals surface area contributed by atoms with Crippen molar-refractivity contribution in [2.45, 2.75) is 20.0 Å². The summed E-state index contributed by atoms with van der Waals surface area (Å²) in [6.07, 6.45) is -0.720. The van der Waals surface area contributed by atoms with Gasteiger partial charge in [0, 0.05) is 7.05 Å². The van der Waals surface area contributed by atoms with Crippen LogP contribution < -0.4 is 14.3 Å². The number of rotatable bonds is 1. The molecule has 0 saturated carbocycles. The number of thiazole rings is 1. The van der Waals surface area contributed by atoms with Gasteiger partial charge in [0.2, 0.25) is 6.10 Å². The average molecular weight is 354 g/mol. The molecule has 1 aliphatic heterocycles. The van der Waals surface area contributed by atoms with E-state index in [2.05, 4.69) is 31.0 Å². The van der Waals surface area contributed by atoms with E-state index in [0.717, 1.165) is 10.2 Å². The summed E-state index contributed by atoms with van der Waals surface area (Å²) in [4.78, 5) is 17.6. The van der Waals surface area contributed by atoms with Crippen molar-refractivity contribution in [3.63, 3.8) is 0 Å². The second-order valence-electron chi connectivity index (χ2n) is 6.14. The lowest BCUT2D eigenvalue weighted by Gasteiger charge is -2.23. The summed E-state index contributed by atoms with van der Waals surface area (Å²) in [6.45, 7) is 4.31. The Kier molecular flexibility index (Phi) is 3.84. The van der Waals surface area contributed by atoms with Crippen LogP contribution in [0.4, 0.5) is 0 Å². The molecule has 0 radical (unpaired) electrons. The summed E-state index contributed by atoms with van der Waals surface area (Å²) in [5, 5.41) is 0. The van der Waals surface area contributed by atoms with Crippen LogP contribution in [0.15, 0.2) is 41.4 Å². The van der Waals surface area contributed by atoms with Crippen LogP contribution in [-0.2, 0) is 11.8 Å². The van der Waals surface area contributed by atoms with Gasteiger partial charge in [-0.1, -0.05) is 35.6 Å². The number of nitrogens with zero attached hydrogens (tertiary/aromatic N) is 2. The highest BCUT2D eigenvalue weighted by molar-refractivity contribution is 7.16. The highest BCUT2D eigenvalue weighted by Crippen LogP contribution is 2.31. The van der Waals surface area contributed by atoms with Crippen molar-refractivity contribution < 1.29 is 14.3 Å². The largest absolute Gasteiger partial charge is 0.485 e. The quantitative estimate of drug-likeness (QED) is 0.675. The second kappa shape index (κ2) is 6.04. The van der Waals surface area contributed by atoms with Gasteiger partial charge >= 0.3 is 0 Å². The predicted octanol–water partition coefficient (Wildman–Crippen LogP) is 3.12. The van der Waals surface area contributed by atoms with Gasteiger partial charge in [-0.05, 0) is 37.1 Å². The molecule has 4 rings (SSSR count). The van der Waals surface area contributed by atoms with Crippen LogP contribution in [0.25, 0.3) is 10.2 Å². The first-order chi connectivity index (χ1) is 12.0. The maximum atomic E-state index is 12.6. The number of benzene rings is 2. The summed E-state index contributed by atoms with van der Waals surface area (Å²) in [7, 11) is 1.94. The lowest BCUT2D eigenvalue weighted by Crippen LogP contribution is -2.36. The first-order valence-electron chi connectivity index (χ1n) is 8.07. The zero-order valence-corrected chi connectivity index (χ0v) is 15.1. The van der Waals surface area contributed by atoms with Gasteiger partial charge in [0.25, 0.3) is 5.91 Å². The minimum Gasteiger partial charge on any atom is -0.485 e. The van der Waals surface area contributed by atoms with Crippen molar-refractivity contribution in [3.05, 3.63) is 52.3 Å². The van der Waals surface area contributed by atoms with E-state index in [0.29, 0.717) is 16.3 Å². The number of amides is 1. The number of aromatic nitrogens is 1. The molecule has 1 aliphatic rings. The second-order valence-corrected chi connectivity index (χ2v) is 7.11. The number of carbonyl (C=O) groups is 1. The van der Waals surface area contributed by atoms with E-state index in [4.69, 9.17) is 9.47 Å². The standard InChI is InChI=1S/C19H18N2O3S/c1-11-8-9-12(2)17-16(11)21(3)19(25-17)20-18(22)15-10-23-13-6-4-5-7-14(13)24-15/h4-9,15H,10H2,1-3H3/t15-/m0/s1. The molecule has 25 heavy (non-hydrogen) atoms. The van der Waals surface area contributed by atoms with E-state index in [-0.39, 0.29) is 12.5 Å². The molecule has 1 amide bonds. The molecule has 1 aromatic heterocycles. The minimum absolute atomic E-state index is 0.173. The zero-order valence-electron chi connectivity index (χ0n) is 14.3. The van der Waals surface area contributed by atoms with Crippen LogP contribution in [-0.4, -0.2) is 23.2 Å². The van der Waals surface area contributed by atoms with Crippen LogP contribution in [0, 0.1) is 13.8 Å². The molecule has 2 heterocycles. The van der Waals surface area contributed by atoms with Gasteiger partial charge in [-0.2, -0.15) is 4.99 Å². The SMILES string of the molecule is Cc1ccc(C)c2c1sc(=NC(=O)[C@@H]1COc3ccccc3O1)n2C. The topological polar surface area (TPSA) is 52.8 Å². The summed E-state index contributed by atoms with van der Waals surface area (Å²) >= 11 is 1.52.